The quantitative estimate of drug-likeness (QED) is 0.529. The maximum absolute atomic E-state index is 13.1. The van der Waals surface area contributed by atoms with Gasteiger partial charge in [-0.2, -0.15) is 5.10 Å². The van der Waals surface area contributed by atoms with Crippen molar-refractivity contribution in [1.82, 2.24) is 5.01 Å². The first-order valence-electron chi connectivity index (χ1n) is 10.1. The molecule has 1 amide bonds. The van der Waals surface area contributed by atoms with Crippen LogP contribution in [0.2, 0.25) is 0 Å². The lowest BCUT2D eigenvalue weighted by Gasteiger charge is -2.22. The number of methoxy groups -OCH3 is 2. The summed E-state index contributed by atoms with van der Waals surface area (Å²) in [4.78, 5) is 26.4. The third kappa shape index (κ3) is 4.68. The van der Waals surface area contributed by atoms with Crippen LogP contribution in [-0.2, 0) is 9.53 Å². The number of nitrogens with zero attached hydrogens (tertiary/aromatic N) is 2. The fourth-order valence-electron chi connectivity index (χ4n) is 3.57. The molecule has 33 heavy (non-hydrogen) atoms. The average Bonchev–Trinajstić information content (AvgIpc) is 3.52. The summed E-state index contributed by atoms with van der Waals surface area (Å²) in [6.07, 6.45) is 0.495. The lowest BCUT2D eigenvalue weighted by Crippen LogP contribution is -2.31. The summed E-state index contributed by atoms with van der Waals surface area (Å²) in [6, 6.07) is 14.9. The predicted molar refractivity (Wildman–Crippen MR) is 123 cm³/mol. The number of aromatic hydroxyl groups is 1. The smallest absolute Gasteiger partial charge is 0.342 e. The summed E-state index contributed by atoms with van der Waals surface area (Å²) in [5.41, 5.74) is 1.57. The molecule has 0 spiro atoms. The molecule has 1 N–H and O–H groups in total. The molecule has 0 radical (unpaired) electrons. The second kappa shape index (κ2) is 9.74. The van der Waals surface area contributed by atoms with E-state index >= 15 is 0 Å². The molecular formula is C24H22N2O6S. The molecule has 1 atom stereocenters. The molecule has 8 nitrogen and oxygen atoms in total. The zero-order valence-electron chi connectivity index (χ0n) is 18.1. The Hall–Kier alpha value is -3.85. The summed E-state index contributed by atoms with van der Waals surface area (Å²) < 4.78 is 15.9. The van der Waals surface area contributed by atoms with Crippen molar-refractivity contribution in [3.63, 3.8) is 0 Å². The largest absolute Gasteiger partial charge is 0.507 e. The third-order valence-electron chi connectivity index (χ3n) is 5.21. The van der Waals surface area contributed by atoms with Crippen molar-refractivity contribution in [3.05, 3.63) is 76.0 Å². The normalized spacial score (nSPS) is 15.2. The minimum absolute atomic E-state index is 0.00839. The molecule has 0 saturated heterocycles. The molecule has 0 aliphatic carbocycles. The molecule has 2 aromatic carbocycles. The van der Waals surface area contributed by atoms with Crippen molar-refractivity contribution in [2.45, 2.75) is 12.5 Å². The van der Waals surface area contributed by atoms with Gasteiger partial charge in [0.05, 0.1) is 30.9 Å². The standard InChI is InChI=1S/C24H22N2O6S/c1-30-20-10-9-15(12-21(20)31-2)18-13-17(22-8-5-11-33-22)25-26(18)23(28)14-32-24(29)16-6-3-4-7-19(16)27/h3-12,18,27H,13-14H2,1-2H3. The van der Waals surface area contributed by atoms with Crippen LogP contribution in [-0.4, -0.2) is 48.5 Å². The van der Waals surface area contributed by atoms with Gasteiger partial charge in [0.15, 0.2) is 18.1 Å². The van der Waals surface area contributed by atoms with Gasteiger partial charge in [-0.25, -0.2) is 9.80 Å². The van der Waals surface area contributed by atoms with Gasteiger partial charge in [-0.3, -0.25) is 4.79 Å². The lowest BCUT2D eigenvalue weighted by molar-refractivity contribution is -0.136. The second-order valence-electron chi connectivity index (χ2n) is 7.19. The van der Waals surface area contributed by atoms with E-state index in [1.54, 1.807) is 32.4 Å². The molecule has 0 bridgehead atoms. The Morgan fingerprint density at radius 1 is 1.09 bits per heavy atom. The third-order valence-corrected chi connectivity index (χ3v) is 6.13. The molecule has 2 heterocycles. The van der Waals surface area contributed by atoms with Crippen LogP contribution >= 0.6 is 11.3 Å². The number of para-hydroxylation sites is 1. The molecule has 1 unspecified atom stereocenters. The number of hydrazone groups is 1. The van der Waals surface area contributed by atoms with Crippen LogP contribution < -0.4 is 9.47 Å². The number of benzene rings is 2. The number of thiophene rings is 1. The van der Waals surface area contributed by atoms with E-state index in [1.165, 1.54) is 28.5 Å². The van der Waals surface area contributed by atoms with Gasteiger partial charge in [0.2, 0.25) is 0 Å². The highest BCUT2D eigenvalue weighted by Crippen LogP contribution is 2.38. The Kier molecular flexibility index (Phi) is 6.60. The van der Waals surface area contributed by atoms with Gasteiger partial charge in [0, 0.05) is 6.42 Å². The van der Waals surface area contributed by atoms with Crippen LogP contribution in [0.3, 0.4) is 0 Å². The maximum atomic E-state index is 13.1. The summed E-state index contributed by atoms with van der Waals surface area (Å²) in [5, 5.41) is 17.7. The van der Waals surface area contributed by atoms with E-state index in [0.29, 0.717) is 17.9 Å². The van der Waals surface area contributed by atoms with E-state index in [9.17, 15) is 14.7 Å². The number of esters is 1. The molecule has 9 heteroatoms. The van der Waals surface area contributed by atoms with Crippen LogP contribution in [0.4, 0.5) is 0 Å². The summed E-state index contributed by atoms with van der Waals surface area (Å²) in [7, 11) is 3.10. The molecule has 0 saturated carbocycles. The highest BCUT2D eigenvalue weighted by atomic mass is 32.1. The highest BCUT2D eigenvalue weighted by molar-refractivity contribution is 7.12. The van der Waals surface area contributed by atoms with Crippen LogP contribution in [0.5, 0.6) is 17.2 Å². The van der Waals surface area contributed by atoms with E-state index in [0.717, 1.165) is 16.2 Å². The van der Waals surface area contributed by atoms with Crippen molar-refractivity contribution < 1.29 is 28.9 Å². The molecule has 170 valence electrons. The Labute approximate surface area is 194 Å². The van der Waals surface area contributed by atoms with E-state index in [-0.39, 0.29) is 11.3 Å². The Morgan fingerprint density at radius 3 is 2.58 bits per heavy atom. The summed E-state index contributed by atoms with van der Waals surface area (Å²) >= 11 is 1.54. The number of ether oxygens (including phenoxy) is 3. The van der Waals surface area contributed by atoms with Gasteiger partial charge in [-0.05, 0) is 41.3 Å². The van der Waals surface area contributed by atoms with Gasteiger partial charge in [0.25, 0.3) is 5.91 Å². The van der Waals surface area contributed by atoms with Crippen molar-refractivity contribution in [2.75, 3.05) is 20.8 Å². The first-order valence-corrected chi connectivity index (χ1v) is 11.0. The fourth-order valence-corrected chi connectivity index (χ4v) is 4.29. The van der Waals surface area contributed by atoms with Crippen molar-refractivity contribution in [1.29, 1.82) is 0 Å². The first kappa shape index (κ1) is 22.3. The van der Waals surface area contributed by atoms with Gasteiger partial charge in [0.1, 0.15) is 11.3 Å². The predicted octanol–water partition coefficient (Wildman–Crippen LogP) is 4.01. The van der Waals surface area contributed by atoms with Gasteiger partial charge in [-0.1, -0.05) is 24.3 Å². The van der Waals surface area contributed by atoms with E-state index in [4.69, 9.17) is 14.2 Å². The van der Waals surface area contributed by atoms with Crippen LogP contribution in [0.25, 0.3) is 0 Å². The molecule has 3 aromatic rings. The minimum atomic E-state index is -0.786. The number of amides is 1. The average molecular weight is 467 g/mol. The van der Waals surface area contributed by atoms with Crippen LogP contribution in [0.1, 0.15) is 33.3 Å². The zero-order chi connectivity index (χ0) is 23.4. The maximum Gasteiger partial charge on any atom is 0.342 e. The lowest BCUT2D eigenvalue weighted by atomic mass is 10.0. The Bertz CT molecular complexity index is 1190. The van der Waals surface area contributed by atoms with Crippen molar-refractivity contribution in [3.8, 4) is 17.2 Å². The molecule has 4 rings (SSSR count). The first-order chi connectivity index (χ1) is 16.0. The summed E-state index contributed by atoms with van der Waals surface area (Å²) in [5.74, 6) is -0.362. The fraction of sp³-hybridized carbons (Fsp3) is 0.208. The van der Waals surface area contributed by atoms with Gasteiger partial charge >= 0.3 is 5.97 Å². The monoisotopic (exact) mass is 466 g/mol. The van der Waals surface area contributed by atoms with Crippen molar-refractivity contribution in [2.24, 2.45) is 5.10 Å². The second-order valence-corrected chi connectivity index (χ2v) is 8.14. The van der Waals surface area contributed by atoms with E-state index < -0.39 is 24.5 Å². The van der Waals surface area contributed by atoms with Gasteiger partial charge < -0.3 is 19.3 Å². The highest BCUT2D eigenvalue weighted by Gasteiger charge is 2.34. The Morgan fingerprint density at radius 2 is 1.88 bits per heavy atom. The number of hydrogen-bond donors (Lipinski definition) is 1. The zero-order valence-corrected chi connectivity index (χ0v) is 18.9. The van der Waals surface area contributed by atoms with E-state index in [2.05, 4.69) is 5.10 Å². The van der Waals surface area contributed by atoms with Crippen molar-refractivity contribution >= 4 is 28.9 Å². The molecule has 1 aliphatic rings. The topological polar surface area (TPSA) is 97.7 Å². The molecule has 1 aromatic heterocycles. The molecule has 1 aliphatic heterocycles. The van der Waals surface area contributed by atoms with Crippen LogP contribution in [0, 0.1) is 0 Å². The number of phenolic OH excluding ortho intramolecular Hbond substituents is 1. The number of hydrogen-bond acceptors (Lipinski definition) is 8. The number of rotatable bonds is 7. The SMILES string of the molecule is COc1ccc(C2CC(c3cccs3)=NN2C(=O)COC(=O)c2ccccc2O)cc1OC. The van der Waals surface area contributed by atoms with E-state index in [1.807, 2.05) is 29.6 Å². The molecule has 0 fully saturated rings. The van der Waals surface area contributed by atoms with Crippen LogP contribution in [0.15, 0.2) is 65.1 Å². The molecular weight excluding hydrogens is 444 g/mol. The Balaban J connectivity index is 1.57. The minimum Gasteiger partial charge on any atom is -0.507 e. The number of carbonyl (C=O) groups is 2. The number of phenols is 1. The number of carbonyl (C=O) groups excluding carboxylic acids is 2. The van der Waals surface area contributed by atoms with Gasteiger partial charge in [-0.15, -0.1) is 11.3 Å². The summed E-state index contributed by atoms with van der Waals surface area (Å²) in [6.45, 7) is -0.516.